The smallest absolute Gasteiger partial charge is 0.331 e. The van der Waals surface area contributed by atoms with E-state index >= 15 is 0 Å². The summed E-state index contributed by atoms with van der Waals surface area (Å²) < 4.78 is 0.328. The molecule has 0 aromatic carbocycles. The van der Waals surface area contributed by atoms with Gasteiger partial charge in [-0.25, -0.2) is 15.2 Å². The van der Waals surface area contributed by atoms with Crippen molar-refractivity contribution in [3.8, 4) is 0 Å². The van der Waals surface area contributed by atoms with Crippen LogP contribution in [0.4, 0.5) is 4.79 Å². The monoisotopic (exact) mass is 191 g/mol. The number of carbonyl (C=O) groups excluding carboxylic acids is 2. The molecule has 1 fully saturated rings. The Labute approximate surface area is 72.3 Å². The van der Waals surface area contributed by atoms with E-state index in [0.717, 1.165) is 5.01 Å². The largest absolute Gasteiger partial charge is 0.350 e. The molecule has 11 heavy (non-hydrogen) atoms. The predicted molar refractivity (Wildman–Crippen MR) is 44.6 cm³/mol. The van der Waals surface area contributed by atoms with E-state index in [2.05, 4.69) is 5.43 Å². The van der Waals surface area contributed by atoms with Crippen molar-refractivity contribution >= 4 is 40.2 Å². The highest BCUT2D eigenvalue weighted by Gasteiger charge is 2.27. The minimum absolute atomic E-state index is 0.251. The third kappa shape index (κ3) is 1.81. The fraction of sp³-hybridized carbons (Fsp3) is 0.250. The molecule has 0 radical (unpaired) electrons. The normalized spacial score (nSPS) is 17.3. The van der Waals surface area contributed by atoms with Crippen molar-refractivity contribution < 1.29 is 9.59 Å². The summed E-state index contributed by atoms with van der Waals surface area (Å²) in [6, 6.07) is -0.789. The van der Waals surface area contributed by atoms with Crippen molar-refractivity contribution in [3.63, 3.8) is 0 Å². The van der Waals surface area contributed by atoms with Crippen LogP contribution in [0.3, 0.4) is 0 Å². The van der Waals surface area contributed by atoms with Gasteiger partial charge in [-0.3, -0.25) is 4.79 Å². The van der Waals surface area contributed by atoms with E-state index in [0.29, 0.717) is 4.32 Å². The summed E-state index contributed by atoms with van der Waals surface area (Å²) in [5, 5.41) is 0.975. The molecule has 0 aromatic rings. The number of thiocarbonyl (C=S) groups is 1. The van der Waals surface area contributed by atoms with Crippen LogP contribution in [0.5, 0.6) is 0 Å². The molecule has 0 atom stereocenters. The molecule has 0 aliphatic carbocycles. The number of nitrogens with zero attached hydrogens (tertiary/aromatic N) is 1. The molecular weight excluding hydrogens is 186 g/mol. The number of nitrogens with one attached hydrogen (secondary N) is 1. The highest BCUT2D eigenvalue weighted by atomic mass is 32.2. The Bertz CT molecular complexity index is 213. The van der Waals surface area contributed by atoms with Crippen LogP contribution in [-0.2, 0) is 4.79 Å². The number of hydrogen-bond acceptors (Lipinski definition) is 4. The second-order valence-corrected chi connectivity index (χ2v) is 3.37. The van der Waals surface area contributed by atoms with Gasteiger partial charge in [-0.05, 0) is 0 Å². The lowest BCUT2D eigenvalue weighted by molar-refractivity contribution is -0.125. The van der Waals surface area contributed by atoms with Gasteiger partial charge in [0.15, 0.2) is 4.32 Å². The van der Waals surface area contributed by atoms with Crippen molar-refractivity contribution in [2.24, 2.45) is 5.73 Å². The molecule has 0 aromatic heterocycles. The van der Waals surface area contributed by atoms with Crippen molar-refractivity contribution in [2.75, 3.05) is 5.75 Å². The number of urea groups is 1. The van der Waals surface area contributed by atoms with E-state index in [1.54, 1.807) is 0 Å². The van der Waals surface area contributed by atoms with Gasteiger partial charge in [-0.2, -0.15) is 0 Å². The molecule has 1 heterocycles. The summed E-state index contributed by atoms with van der Waals surface area (Å²) in [6.07, 6.45) is 0. The zero-order valence-electron chi connectivity index (χ0n) is 5.36. The highest BCUT2D eigenvalue weighted by molar-refractivity contribution is 8.23. The Kier molecular flexibility index (Phi) is 2.30. The van der Waals surface area contributed by atoms with E-state index in [-0.39, 0.29) is 11.7 Å². The number of thioether (sulfide) groups is 1. The van der Waals surface area contributed by atoms with Crippen molar-refractivity contribution in [3.05, 3.63) is 0 Å². The summed E-state index contributed by atoms with van der Waals surface area (Å²) >= 11 is 5.93. The minimum atomic E-state index is -0.789. The molecule has 1 aliphatic heterocycles. The van der Waals surface area contributed by atoms with Gasteiger partial charge < -0.3 is 5.73 Å². The van der Waals surface area contributed by atoms with E-state index in [1.807, 2.05) is 0 Å². The summed E-state index contributed by atoms with van der Waals surface area (Å²) in [5.74, 6) is 0.0119. The molecule has 5 nitrogen and oxygen atoms in total. The molecule has 60 valence electrons. The zero-order chi connectivity index (χ0) is 8.43. The summed E-state index contributed by atoms with van der Waals surface area (Å²) in [5.41, 5.74) is 6.89. The predicted octanol–water partition coefficient (Wildman–Crippen LogP) is -0.570. The van der Waals surface area contributed by atoms with Gasteiger partial charge >= 0.3 is 6.03 Å². The third-order valence-electron chi connectivity index (χ3n) is 0.973. The zero-order valence-corrected chi connectivity index (χ0v) is 7.00. The number of hydrogen-bond donors (Lipinski definition) is 2. The van der Waals surface area contributed by atoms with E-state index in [4.69, 9.17) is 18.0 Å². The maximum atomic E-state index is 10.9. The van der Waals surface area contributed by atoms with Crippen molar-refractivity contribution in [1.82, 2.24) is 10.4 Å². The highest BCUT2D eigenvalue weighted by Crippen LogP contribution is 2.16. The van der Waals surface area contributed by atoms with E-state index < -0.39 is 6.03 Å². The Morgan fingerprint density at radius 2 is 2.45 bits per heavy atom. The molecule has 1 saturated heterocycles. The lowest BCUT2D eigenvalue weighted by Crippen LogP contribution is -2.47. The van der Waals surface area contributed by atoms with Crippen LogP contribution in [-0.4, -0.2) is 27.0 Å². The summed E-state index contributed by atoms with van der Waals surface area (Å²) in [6.45, 7) is 0. The molecule has 1 aliphatic rings. The van der Waals surface area contributed by atoms with E-state index in [9.17, 15) is 9.59 Å². The fourth-order valence-electron chi connectivity index (χ4n) is 0.573. The first-order valence-corrected chi connectivity index (χ1v) is 4.06. The SMILES string of the molecule is NC(=O)NN1C(=O)CSC1=S. The number of rotatable bonds is 1. The van der Waals surface area contributed by atoms with Gasteiger partial charge in [-0.1, -0.05) is 24.0 Å². The van der Waals surface area contributed by atoms with Crippen molar-refractivity contribution in [1.29, 1.82) is 0 Å². The Balaban J connectivity index is 2.62. The van der Waals surface area contributed by atoms with Gasteiger partial charge in [0.1, 0.15) is 0 Å². The first-order valence-electron chi connectivity index (χ1n) is 2.67. The fourth-order valence-corrected chi connectivity index (χ4v) is 1.55. The molecule has 7 heteroatoms. The standard InChI is InChI=1S/C4H5N3O2S2/c5-3(9)6-7-2(8)1-11-4(7)10/h1H2,(H3,5,6,9). The molecule has 0 spiro atoms. The second-order valence-electron chi connectivity index (χ2n) is 1.76. The van der Waals surface area contributed by atoms with Crippen LogP contribution in [0.1, 0.15) is 0 Å². The first kappa shape index (κ1) is 8.28. The second kappa shape index (κ2) is 3.05. The first-order chi connectivity index (χ1) is 5.11. The van der Waals surface area contributed by atoms with E-state index in [1.165, 1.54) is 11.8 Å². The molecular formula is C4H5N3O2S2. The molecule has 0 unspecified atom stereocenters. The quantitative estimate of drug-likeness (QED) is 0.544. The van der Waals surface area contributed by atoms with Crippen LogP contribution >= 0.6 is 24.0 Å². The van der Waals surface area contributed by atoms with Crippen molar-refractivity contribution in [2.45, 2.75) is 0 Å². The number of hydrazine groups is 1. The summed E-state index contributed by atoms with van der Waals surface area (Å²) in [4.78, 5) is 21.2. The van der Waals surface area contributed by atoms with Crippen LogP contribution in [0.15, 0.2) is 0 Å². The Hall–Kier alpha value is -0.820. The van der Waals surface area contributed by atoms with Gasteiger partial charge in [0, 0.05) is 0 Å². The lowest BCUT2D eigenvalue weighted by atomic mass is 10.7. The topological polar surface area (TPSA) is 75.4 Å². The van der Waals surface area contributed by atoms with Crippen LogP contribution < -0.4 is 11.2 Å². The van der Waals surface area contributed by atoms with Gasteiger partial charge in [-0.15, -0.1) is 0 Å². The molecule has 0 saturated carbocycles. The molecule has 0 bridgehead atoms. The average Bonchev–Trinajstić information content (AvgIpc) is 2.18. The van der Waals surface area contributed by atoms with Crippen LogP contribution in [0.2, 0.25) is 0 Å². The van der Waals surface area contributed by atoms with Gasteiger partial charge in [0.25, 0.3) is 5.91 Å². The van der Waals surface area contributed by atoms with Crippen LogP contribution in [0.25, 0.3) is 0 Å². The minimum Gasteiger partial charge on any atom is -0.350 e. The number of primary amides is 1. The number of nitrogens with two attached hydrogens (primary N) is 1. The molecule has 1 rings (SSSR count). The van der Waals surface area contributed by atoms with Gasteiger partial charge in [0.05, 0.1) is 5.75 Å². The van der Waals surface area contributed by atoms with Crippen LogP contribution in [0, 0.1) is 0 Å². The number of amides is 3. The Morgan fingerprint density at radius 1 is 1.82 bits per heavy atom. The third-order valence-corrected chi connectivity index (χ3v) is 2.33. The maximum Gasteiger partial charge on any atom is 0.331 e. The number of carbonyl (C=O) groups is 2. The maximum absolute atomic E-state index is 10.9. The Morgan fingerprint density at radius 3 is 2.82 bits per heavy atom. The van der Waals surface area contributed by atoms with Gasteiger partial charge in [0.2, 0.25) is 0 Å². The average molecular weight is 191 g/mol. The summed E-state index contributed by atoms with van der Waals surface area (Å²) in [7, 11) is 0. The molecule has 3 N–H and O–H groups in total. The molecule has 3 amide bonds. The lowest BCUT2D eigenvalue weighted by Gasteiger charge is -2.12.